The Kier molecular flexibility index (Phi) is 3.64. The van der Waals surface area contributed by atoms with Gasteiger partial charge in [-0.1, -0.05) is 24.3 Å². The first-order chi connectivity index (χ1) is 9.24. The Balaban J connectivity index is 1.77. The Bertz CT molecular complexity index is 567. The predicted octanol–water partition coefficient (Wildman–Crippen LogP) is 3.16. The van der Waals surface area contributed by atoms with Crippen molar-refractivity contribution in [1.29, 1.82) is 0 Å². The summed E-state index contributed by atoms with van der Waals surface area (Å²) < 4.78 is 5.90. The van der Waals surface area contributed by atoms with Gasteiger partial charge in [0.1, 0.15) is 0 Å². The van der Waals surface area contributed by atoms with Crippen LogP contribution in [-0.2, 0) is 11.2 Å². The fourth-order valence-electron chi connectivity index (χ4n) is 2.57. The normalized spacial score (nSPS) is 20.0. The molecule has 2 N–H and O–H groups in total. The fourth-order valence-corrected chi connectivity index (χ4v) is 3.25. The highest BCUT2D eigenvalue weighted by Crippen LogP contribution is 2.33. The third-order valence-electron chi connectivity index (χ3n) is 3.58. The molecule has 3 nitrogen and oxygen atoms in total. The molecule has 4 heteroatoms. The molecule has 0 saturated carbocycles. The summed E-state index contributed by atoms with van der Waals surface area (Å²) in [6.45, 7) is 2.79. The summed E-state index contributed by atoms with van der Waals surface area (Å²) in [6, 6.07) is 8.44. The van der Waals surface area contributed by atoms with Crippen LogP contribution in [0.5, 0.6) is 0 Å². The van der Waals surface area contributed by atoms with Gasteiger partial charge >= 0.3 is 0 Å². The minimum atomic E-state index is -0.0545. The number of hydrogen-bond donors (Lipinski definition) is 1. The zero-order chi connectivity index (χ0) is 13.2. The number of thiazole rings is 1. The van der Waals surface area contributed by atoms with Crippen LogP contribution in [0.2, 0.25) is 0 Å². The first-order valence-corrected chi connectivity index (χ1v) is 7.49. The molecule has 100 valence electrons. The molecule has 1 aliphatic rings. The van der Waals surface area contributed by atoms with Crippen LogP contribution < -0.4 is 5.73 Å². The minimum Gasteiger partial charge on any atom is -0.373 e. The van der Waals surface area contributed by atoms with Gasteiger partial charge in [0.15, 0.2) is 0 Å². The lowest BCUT2D eigenvalue weighted by Gasteiger charge is -2.27. The number of hydrogen-bond acceptors (Lipinski definition) is 4. The highest BCUT2D eigenvalue weighted by molar-refractivity contribution is 7.09. The summed E-state index contributed by atoms with van der Waals surface area (Å²) in [4.78, 5) is 4.47. The van der Waals surface area contributed by atoms with Crippen LogP contribution in [0.3, 0.4) is 0 Å². The fraction of sp³-hybridized carbons (Fsp3) is 0.400. The Hall–Kier alpha value is -1.23. The number of aromatic nitrogens is 1. The van der Waals surface area contributed by atoms with Crippen LogP contribution in [0, 0.1) is 6.92 Å². The summed E-state index contributed by atoms with van der Waals surface area (Å²) in [5.41, 5.74) is 9.92. The molecule has 19 heavy (non-hydrogen) atoms. The largest absolute Gasteiger partial charge is 0.373 e. The molecule has 0 radical (unpaired) electrons. The maximum atomic E-state index is 6.26. The van der Waals surface area contributed by atoms with Gasteiger partial charge in [-0.05, 0) is 30.9 Å². The Morgan fingerprint density at radius 2 is 2.32 bits per heavy atom. The zero-order valence-electron chi connectivity index (χ0n) is 11.0. The molecule has 0 aliphatic carbocycles. The van der Waals surface area contributed by atoms with Crippen molar-refractivity contribution in [2.24, 2.45) is 5.73 Å². The van der Waals surface area contributed by atoms with Crippen LogP contribution in [0.15, 0.2) is 29.6 Å². The van der Waals surface area contributed by atoms with Gasteiger partial charge in [-0.25, -0.2) is 4.98 Å². The molecule has 2 unspecified atom stereocenters. The summed E-state index contributed by atoms with van der Waals surface area (Å²) in [6.07, 6.45) is 1.89. The summed E-state index contributed by atoms with van der Waals surface area (Å²) in [7, 11) is 0. The van der Waals surface area contributed by atoms with Gasteiger partial charge in [0.25, 0.3) is 0 Å². The van der Waals surface area contributed by atoms with E-state index in [0.717, 1.165) is 30.2 Å². The molecule has 1 aliphatic heterocycles. The molecule has 0 bridgehead atoms. The standard InChI is InChI=1S/C15H18N2OS/c1-10-17-14(9-19-10)13(16)8-15-12-5-3-2-4-11(12)6-7-18-15/h2-5,9,13,15H,6-8,16H2,1H3. The van der Waals surface area contributed by atoms with Crippen LogP contribution in [0.25, 0.3) is 0 Å². The van der Waals surface area contributed by atoms with Gasteiger partial charge in [0.2, 0.25) is 0 Å². The number of benzene rings is 1. The summed E-state index contributed by atoms with van der Waals surface area (Å²) in [5.74, 6) is 0. The summed E-state index contributed by atoms with van der Waals surface area (Å²) in [5, 5.41) is 3.12. The van der Waals surface area contributed by atoms with Crippen LogP contribution in [-0.4, -0.2) is 11.6 Å². The van der Waals surface area contributed by atoms with E-state index in [1.165, 1.54) is 11.1 Å². The Morgan fingerprint density at radius 3 is 3.11 bits per heavy atom. The number of fused-ring (bicyclic) bond motifs is 1. The van der Waals surface area contributed by atoms with Crippen molar-refractivity contribution in [3.8, 4) is 0 Å². The molecule has 2 heterocycles. The van der Waals surface area contributed by atoms with Gasteiger partial charge in [-0.15, -0.1) is 11.3 Å². The molecular weight excluding hydrogens is 256 g/mol. The van der Waals surface area contributed by atoms with Gasteiger partial charge in [-0.3, -0.25) is 0 Å². The summed E-state index contributed by atoms with van der Waals surface area (Å²) >= 11 is 1.65. The lowest BCUT2D eigenvalue weighted by Crippen LogP contribution is -2.21. The van der Waals surface area contributed by atoms with Crippen molar-refractivity contribution < 1.29 is 4.74 Å². The average molecular weight is 274 g/mol. The highest BCUT2D eigenvalue weighted by atomic mass is 32.1. The topological polar surface area (TPSA) is 48.1 Å². The van der Waals surface area contributed by atoms with Crippen molar-refractivity contribution in [3.05, 3.63) is 51.5 Å². The maximum Gasteiger partial charge on any atom is 0.0898 e. The highest BCUT2D eigenvalue weighted by Gasteiger charge is 2.24. The first kappa shape index (κ1) is 12.8. The molecule has 3 rings (SSSR count). The van der Waals surface area contributed by atoms with Crippen molar-refractivity contribution in [1.82, 2.24) is 4.98 Å². The molecule has 2 aromatic rings. The lowest BCUT2D eigenvalue weighted by molar-refractivity contribution is 0.0317. The number of ether oxygens (including phenoxy) is 1. The molecule has 0 fully saturated rings. The quantitative estimate of drug-likeness (QED) is 0.935. The van der Waals surface area contributed by atoms with Crippen LogP contribution in [0.1, 0.15) is 40.4 Å². The van der Waals surface area contributed by atoms with Crippen LogP contribution in [0.4, 0.5) is 0 Å². The van der Waals surface area contributed by atoms with E-state index in [1.54, 1.807) is 11.3 Å². The van der Waals surface area contributed by atoms with Crippen molar-refractivity contribution in [2.75, 3.05) is 6.61 Å². The lowest BCUT2D eigenvalue weighted by atomic mass is 9.93. The second-order valence-corrected chi connectivity index (χ2v) is 6.00. The van der Waals surface area contributed by atoms with Gasteiger partial charge < -0.3 is 10.5 Å². The number of nitrogens with zero attached hydrogens (tertiary/aromatic N) is 1. The molecule has 1 aromatic heterocycles. The van der Waals surface area contributed by atoms with E-state index in [4.69, 9.17) is 10.5 Å². The number of aryl methyl sites for hydroxylation is 1. The first-order valence-electron chi connectivity index (χ1n) is 6.61. The molecule has 0 spiro atoms. The molecular formula is C15H18N2OS. The molecule has 0 saturated heterocycles. The number of rotatable bonds is 3. The molecule has 2 atom stereocenters. The zero-order valence-corrected chi connectivity index (χ0v) is 11.8. The van der Waals surface area contributed by atoms with Gasteiger partial charge in [0.05, 0.1) is 29.5 Å². The third-order valence-corrected chi connectivity index (χ3v) is 4.37. The van der Waals surface area contributed by atoms with Gasteiger partial charge in [-0.2, -0.15) is 0 Å². The number of nitrogens with two attached hydrogens (primary N) is 1. The second kappa shape index (κ2) is 5.41. The predicted molar refractivity (Wildman–Crippen MR) is 77.2 cm³/mol. The van der Waals surface area contributed by atoms with E-state index in [-0.39, 0.29) is 12.1 Å². The van der Waals surface area contributed by atoms with Gasteiger partial charge in [0, 0.05) is 5.38 Å². The van der Waals surface area contributed by atoms with E-state index in [2.05, 4.69) is 34.6 Å². The van der Waals surface area contributed by atoms with E-state index in [1.807, 2.05) is 6.92 Å². The van der Waals surface area contributed by atoms with Crippen LogP contribution >= 0.6 is 11.3 Å². The smallest absolute Gasteiger partial charge is 0.0898 e. The maximum absolute atomic E-state index is 6.26. The monoisotopic (exact) mass is 274 g/mol. The Labute approximate surface area is 117 Å². The average Bonchev–Trinajstić information content (AvgIpc) is 2.86. The Morgan fingerprint density at radius 1 is 1.47 bits per heavy atom. The third kappa shape index (κ3) is 2.71. The minimum absolute atomic E-state index is 0.0545. The van der Waals surface area contributed by atoms with E-state index < -0.39 is 0 Å². The van der Waals surface area contributed by atoms with Crippen molar-refractivity contribution in [3.63, 3.8) is 0 Å². The van der Waals surface area contributed by atoms with E-state index in [0.29, 0.717) is 0 Å². The second-order valence-electron chi connectivity index (χ2n) is 4.94. The SMILES string of the molecule is Cc1nc(C(N)CC2OCCc3ccccc32)cs1. The van der Waals surface area contributed by atoms with Crippen molar-refractivity contribution >= 4 is 11.3 Å². The molecule has 0 amide bonds. The van der Waals surface area contributed by atoms with E-state index in [9.17, 15) is 0 Å². The molecule has 1 aromatic carbocycles. The van der Waals surface area contributed by atoms with Crippen molar-refractivity contribution in [2.45, 2.75) is 31.9 Å². The van der Waals surface area contributed by atoms with E-state index >= 15 is 0 Å².